The van der Waals surface area contributed by atoms with E-state index in [9.17, 15) is 9.59 Å². The molecule has 0 atom stereocenters. The van der Waals surface area contributed by atoms with Crippen LogP contribution < -0.4 is 15.4 Å². The third kappa shape index (κ3) is 6.30. The van der Waals surface area contributed by atoms with Gasteiger partial charge in [-0.25, -0.2) is 9.78 Å². The molecule has 4 aromatic carbocycles. The van der Waals surface area contributed by atoms with Crippen LogP contribution >= 0.6 is 0 Å². The smallest absolute Gasteiger partial charge is 0.323 e. The first kappa shape index (κ1) is 28.8. The van der Waals surface area contributed by atoms with Gasteiger partial charge in [-0.1, -0.05) is 54.6 Å². The molecule has 46 heavy (non-hydrogen) atoms. The summed E-state index contributed by atoms with van der Waals surface area (Å²) in [5.41, 5.74) is 5.90. The van der Waals surface area contributed by atoms with Gasteiger partial charge >= 0.3 is 6.03 Å². The number of carbonyl (C=O) groups is 2. The van der Waals surface area contributed by atoms with Crippen molar-refractivity contribution < 1.29 is 14.3 Å². The lowest BCUT2D eigenvalue weighted by Crippen LogP contribution is -2.35. The van der Waals surface area contributed by atoms with Crippen LogP contribution in [0.2, 0.25) is 0 Å². The summed E-state index contributed by atoms with van der Waals surface area (Å²) in [5.74, 6) is 1.30. The van der Waals surface area contributed by atoms with Gasteiger partial charge in [0.2, 0.25) is 0 Å². The van der Waals surface area contributed by atoms with Crippen LogP contribution in [0.3, 0.4) is 0 Å². The van der Waals surface area contributed by atoms with E-state index < -0.39 is 6.03 Å². The van der Waals surface area contributed by atoms with Crippen LogP contribution in [0.15, 0.2) is 115 Å². The molecule has 0 saturated carbocycles. The quantitative estimate of drug-likeness (QED) is 0.169. The molecule has 1 aliphatic heterocycles. The Morgan fingerprint density at radius 1 is 0.739 bits per heavy atom. The van der Waals surface area contributed by atoms with Gasteiger partial charge in [0.15, 0.2) is 11.4 Å². The first-order chi connectivity index (χ1) is 22.6. The van der Waals surface area contributed by atoms with E-state index in [4.69, 9.17) is 4.74 Å². The molecule has 1 saturated heterocycles. The van der Waals surface area contributed by atoms with Gasteiger partial charge in [0.1, 0.15) is 11.4 Å². The molecular weight excluding hydrogens is 576 g/mol. The van der Waals surface area contributed by atoms with Crippen LogP contribution in [0.4, 0.5) is 16.2 Å². The lowest BCUT2D eigenvalue weighted by molar-refractivity contribution is 0.0724. The number of ether oxygens (including phenoxy) is 1. The summed E-state index contributed by atoms with van der Waals surface area (Å²) in [6.07, 6.45) is 5.11. The predicted octanol–water partition coefficient (Wildman–Crippen LogP) is 8.35. The molecule has 0 aliphatic carbocycles. The number of aromatic nitrogens is 3. The zero-order valence-electron chi connectivity index (χ0n) is 25.1. The second kappa shape index (κ2) is 13.0. The molecule has 9 heteroatoms. The normalized spacial score (nSPS) is 12.9. The molecule has 6 aromatic rings. The number of piperidine rings is 1. The largest absolute Gasteiger partial charge is 0.455 e. The summed E-state index contributed by atoms with van der Waals surface area (Å²) in [6.45, 7) is 1.65. The van der Waals surface area contributed by atoms with Crippen LogP contribution in [0.5, 0.6) is 11.5 Å². The summed E-state index contributed by atoms with van der Waals surface area (Å²) < 4.78 is 5.98. The molecule has 2 aromatic heterocycles. The van der Waals surface area contributed by atoms with Crippen molar-refractivity contribution in [2.24, 2.45) is 0 Å². The van der Waals surface area contributed by atoms with E-state index in [-0.39, 0.29) is 5.91 Å². The molecule has 1 fully saturated rings. The van der Waals surface area contributed by atoms with Gasteiger partial charge in [0.05, 0.1) is 5.69 Å². The Morgan fingerprint density at radius 2 is 1.52 bits per heavy atom. The number of para-hydroxylation sites is 3. The first-order valence-electron chi connectivity index (χ1n) is 15.3. The van der Waals surface area contributed by atoms with E-state index in [0.29, 0.717) is 39.8 Å². The SMILES string of the molecule is O=C(Nc1cccc(-c2n[nH]c3ncc(-c4ccc(C(=O)N5CCCCC5)cc4)cc23)c1)Nc1ccccc1Oc1ccccc1. The maximum atomic E-state index is 13.0. The third-order valence-corrected chi connectivity index (χ3v) is 8.03. The standard InChI is InChI=1S/C37H32N6O3/c44-36(43-20-7-2-8-21-43)26-18-16-25(17-19-26)28-23-31-34(41-42-35(31)38-24-28)27-10-9-11-29(22-27)39-37(45)40-32-14-5-6-15-33(32)46-30-12-3-1-4-13-30/h1,3-6,9-19,22-24H,2,7-8,20-21H2,(H,38,41,42)(H2,39,40,45). The van der Waals surface area contributed by atoms with Gasteiger partial charge in [-0.15, -0.1) is 0 Å². The summed E-state index contributed by atoms with van der Waals surface area (Å²) >= 11 is 0. The summed E-state index contributed by atoms with van der Waals surface area (Å²) in [5, 5.41) is 14.2. The number of urea groups is 1. The molecule has 9 nitrogen and oxygen atoms in total. The van der Waals surface area contributed by atoms with Crippen molar-refractivity contribution in [1.29, 1.82) is 0 Å². The van der Waals surface area contributed by atoms with E-state index in [2.05, 4.69) is 25.8 Å². The number of anilines is 2. The molecule has 0 radical (unpaired) electrons. The Labute approximate surface area is 266 Å². The number of carbonyl (C=O) groups excluding carboxylic acids is 2. The van der Waals surface area contributed by atoms with Gasteiger partial charge in [-0.05, 0) is 79.4 Å². The molecule has 3 amide bonds. The molecule has 228 valence electrons. The lowest BCUT2D eigenvalue weighted by atomic mass is 10.0. The second-order valence-corrected chi connectivity index (χ2v) is 11.2. The third-order valence-electron chi connectivity index (χ3n) is 8.03. The van der Waals surface area contributed by atoms with Gasteiger partial charge < -0.3 is 20.3 Å². The monoisotopic (exact) mass is 608 g/mol. The Kier molecular flexibility index (Phi) is 8.11. The molecule has 0 spiro atoms. The van der Waals surface area contributed by atoms with E-state index in [1.807, 2.05) is 102 Å². The Hall–Kier alpha value is -5.96. The highest BCUT2D eigenvalue weighted by Gasteiger charge is 2.18. The van der Waals surface area contributed by atoms with Crippen LogP contribution in [-0.2, 0) is 0 Å². The van der Waals surface area contributed by atoms with Gasteiger partial charge in [-0.3, -0.25) is 9.89 Å². The van der Waals surface area contributed by atoms with Gasteiger partial charge in [0, 0.05) is 47.1 Å². The molecular formula is C37H32N6O3. The minimum Gasteiger partial charge on any atom is -0.455 e. The number of benzene rings is 4. The second-order valence-electron chi connectivity index (χ2n) is 11.2. The number of nitrogens with zero attached hydrogens (tertiary/aromatic N) is 3. The molecule has 0 unspecified atom stereocenters. The summed E-state index contributed by atoms with van der Waals surface area (Å²) in [6, 6.07) is 33.5. The van der Waals surface area contributed by atoms with Crippen molar-refractivity contribution in [2.75, 3.05) is 23.7 Å². The van der Waals surface area contributed by atoms with Crippen molar-refractivity contribution in [3.05, 3.63) is 121 Å². The van der Waals surface area contributed by atoms with E-state index in [1.165, 1.54) is 6.42 Å². The Balaban J connectivity index is 1.07. The topological polar surface area (TPSA) is 112 Å². The van der Waals surface area contributed by atoms with Crippen LogP contribution in [-0.4, -0.2) is 45.1 Å². The summed E-state index contributed by atoms with van der Waals surface area (Å²) in [4.78, 5) is 32.5. The van der Waals surface area contributed by atoms with Gasteiger partial charge in [0.25, 0.3) is 5.91 Å². The highest BCUT2D eigenvalue weighted by molar-refractivity contribution is 6.01. The molecule has 0 bridgehead atoms. The number of H-pyrrole nitrogens is 1. The lowest BCUT2D eigenvalue weighted by Gasteiger charge is -2.26. The average molecular weight is 609 g/mol. The number of pyridine rings is 1. The van der Waals surface area contributed by atoms with E-state index >= 15 is 0 Å². The van der Waals surface area contributed by atoms with Gasteiger partial charge in [-0.2, -0.15) is 5.10 Å². The number of nitrogens with one attached hydrogen (secondary N) is 3. The number of amides is 3. The van der Waals surface area contributed by atoms with Crippen molar-refractivity contribution in [3.63, 3.8) is 0 Å². The summed E-state index contributed by atoms with van der Waals surface area (Å²) in [7, 11) is 0. The Bertz CT molecular complexity index is 2000. The van der Waals surface area contributed by atoms with Crippen molar-refractivity contribution >= 4 is 34.3 Å². The van der Waals surface area contributed by atoms with E-state index in [0.717, 1.165) is 48.0 Å². The predicted molar refractivity (Wildman–Crippen MR) is 180 cm³/mol. The fourth-order valence-corrected chi connectivity index (χ4v) is 5.67. The van der Waals surface area contributed by atoms with Crippen molar-refractivity contribution in [3.8, 4) is 33.9 Å². The molecule has 3 N–H and O–H groups in total. The number of fused-ring (bicyclic) bond motifs is 1. The van der Waals surface area contributed by atoms with Crippen molar-refractivity contribution in [2.45, 2.75) is 19.3 Å². The number of likely N-dealkylation sites (tertiary alicyclic amines) is 1. The highest BCUT2D eigenvalue weighted by atomic mass is 16.5. The van der Waals surface area contributed by atoms with Crippen LogP contribution in [0, 0.1) is 0 Å². The van der Waals surface area contributed by atoms with E-state index in [1.54, 1.807) is 18.3 Å². The number of hydrogen-bond acceptors (Lipinski definition) is 5. The van der Waals surface area contributed by atoms with Crippen LogP contribution in [0.25, 0.3) is 33.4 Å². The zero-order chi connectivity index (χ0) is 31.3. The minimum absolute atomic E-state index is 0.0869. The Morgan fingerprint density at radius 3 is 2.35 bits per heavy atom. The number of aromatic amines is 1. The first-order valence-corrected chi connectivity index (χ1v) is 15.3. The zero-order valence-corrected chi connectivity index (χ0v) is 25.1. The fourth-order valence-electron chi connectivity index (χ4n) is 5.67. The minimum atomic E-state index is -0.403. The maximum absolute atomic E-state index is 13.0. The average Bonchev–Trinajstić information content (AvgIpc) is 3.53. The number of hydrogen-bond donors (Lipinski definition) is 3. The maximum Gasteiger partial charge on any atom is 0.323 e. The molecule has 3 heterocycles. The molecule has 7 rings (SSSR count). The highest BCUT2D eigenvalue weighted by Crippen LogP contribution is 2.32. The van der Waals surface area contributed by atoms with Crippen LogP contribution in [0.1, 0.15) is 29.6 Å². The fraction of sp³-hybridized carbons (Fsp3) is 0.135. The van der Waals surface area contributed by atoms with Crippen molar-refractivity contribution in [1.82, 2.24) is 20.1 Å². The number of rotatable bonds is 7. The molecule has 1 aliphatic rings.